The fourth-order valence-electron chi connectivity index (χ4n) is 2.55. The van der Waals surface area contributed by atoms with Crippen LogP contribution in [0.2, 0.25) is 0 Å². The standard InChI is InChI=1S/C15H20.CH3F/c1-7-10-12-11(4)13(8-2)15(5,6)14(12)9-3;1-2/h7-10H,1-2H2,3-6H3;1H3/b12-10-,14-9+;. The number of halogens is 1. The van der Waals surface area contributed by atoms with Gasteiger partial charge < -0.3 is 0 Å². The summed E-state index contributed by atoms with van der Waals surface area (Å²) in [7, 11) is 0.500. The molecule has 1 aliphatic rings. The van der Waals surface area contributed by atoms with E-state index in [1.807, 2.05) is 12.2 Å². The fourth-order valence-corrected chi connectivity index (χ4v) is 2.55. The van der Waals surface area contributed by atoms with E-state index in [4.69, 9.17) is 0 Å². The lowest BCUT2D eigenvalue weighted by Crippen LogP contribution is -2.12. The van der Waals surface area contributed by atoms with Crippen LogP contribution in [0.25, 0.3) is 0 Å². The molecule has 17 heavy (non-hydrogen) atoms. The minimum atomic E-state index is 0.0788. The van der Waals surface area contributed by atoms with Crippen molar-refractivity contribution < 1.29 is 4.39 Å². The molecule has 0 bridgehead atoms. The van der Waals surface area contributed by atoms with Crippen LogP contribution >= 0.6 is 0 Å². The fraction of sp³-hybridized carbons (Fsp3) is 0.375. The van der Waals surface area contributed by atoms with E-state index >= 15 is 0 Å². The molecular formula is C16H23F. The zero-order valence-corrected chi connectivity index (χ0v) is 11.6. The van der Waals surface area contributed by atoms with E-state index in [-0.39, 0.29) is 5.41 Å². The molecule has 0 aromatic heterocycles. The van der Waals surface area contributed by atoms with Gasteiger partial charge in [0.05, 0.1) is 7.18 Å². The highest BCUT2D eigenvalue weighted by atomic mass is 19.1. The summed E-state index contributed by atoms with van der Waals surface area (Å²) in [5, 5.41) is 0. The van der Waals surface area contributed by atoms with Crippen LogP contribution in [0.3, 0.4) is 0 Å². The SMILES string of the molecule is C=C/C=C1/C(C)=C(C=C)C(C)(C)/C1=C/C.CF. The van der Waals surface area contributed by atoms with Crippen molar-refractivity contribution in [2.75, 3.05) is 7.18 Å². The highest BCUT2D eigenvalue weighted by Gasteiger charge is 2.36. The highest BCUT2D eigenvalue weighted by Crippen LogP contribution is 2.50. The molecule has 0 amide bonds. The van der Waals surface area contributed by atoms with E-state index in [0.717, 1.165) is 0 Å². The Bertz CT molecular complexity index is 390. The van der Waals surface area contributed by atoms with Crippen LogP contribution < -0.4 is 0 Å². The quantitative estimate of drug-likeness (QED) is 0.618. The van der Waals surface area contributed by atoms with Crippen LogP contribution in [0.15, 0.2) is 59.8 Å². The van der Waals surface area contributed by atoms with E-state index < -0.39 is 0 Å². The van der Waals surface area contributed by atoms with Gasteiger partial charge in [0.15, 0.2) is 0 Å². The van der Waals surface area contributed by atoms with Gasteiger partial charge >= 0.3 is 0 Å². The third kappa shape index (κ3) is 2.66. The third-order valence-electron chi connectivity index (χ3n) is 3.22. The molecule has 1 heteroatoms. The maximum Gasteiger partial charge on any atom is 0.0785 e. The summed E-state index contributed by atoms with van der Waals surface area (Å²) in [5.41, 5.74) is 5.39. The second kappa shape index (κ2) is 6.39. The molecule has 94 valence electrons. The molecule has 1 rings (SSSR count). The van der Waals surface area contributed by atoms with Crippen molar-refractivity contribution in [1.82, 2.24) is 0 Å². The topological polar surface area (TPSA) is 0 Å². The van der Waals surface area contributed by atoms with Crippen LogP contribution in [-0.4, -0.2) is 7.18 Å². The van der Waals surface area contributed by atoms with E-state index in [0.29, 0.717) is 7.18 Å². The van der Waals surface area contributed by atoms with Crippen molar-refractivity contribution in [3.8, 4) is 0 Å². The predicted molar refractivity (Wildman–Crippen MR) is 75.7 cm³/mol. The number of alkyl halides is 1. The summed E-state index contributed by atoms with van der Waals surface area (Å²) in [6, 6.07) is 0. The summed E-state index contributed by atoms with van der Waals surface area (Å²) in [6.07, 6.45) is 8.10. The van der Waals surface area contributed by atoms with Crippen LogP contribution in [0.5, 0.6) is 0 Å². The predicted octanol–water partition coefficient (Wildman–Crippen LogP) is 5.17. The van der Waals surface area contributed by atoms with Gasteiger partial charge in [0.1, 0.15) is 0 Å². The van der Waals surface area contributed by atoms with Crippen LogP contribution in [-0.2, 0) is 0 Å². The average molecular weight is 234 g/mol. The van der Waals surface area contributed by atoms with Gasteiger partial charge in [0.2, 0.25) is 0 Å². The Hall–Kier alpha value is -1.37. The Morgan fingerprint density at radius 2 is 1.71 bits per heavy atom. The van der Waals surface area contributed by atoms with Crippen molar-refractivity contribution in [2.24, 2.45) is 5.41 Å². The van der Waals surface area contributed by atoms with Crippen molar-refractivity contribution >= 4 is 0 Å². The van der Waals surface area contributed by atoms with E-state index in [1.54, 1.807) is 0 Å². The largest absolute Gasteiger partial charge is 0.255 e. The monoisotopic (exact) mass is 234 g/mol. The first-order chi connectivity index (χ1) is 8.00. The first kappa shape index (κ1) is 15.6. The Labute approximate surface area is 105 Å². The summed E-state index contributed by atoms with van der Waals surface area (Å²) in [4.78, 5) is 0. The average Bonchev–Trinajstić information content (AvgIpc) is 2.49. The molecule has 0 spiro atoms. The molecule has 0 fully saturated rings. The summed E-state index contributed by atoms with van der Waals surface area (Å²) in [5.74, 6) is 0. The summed E-state index contributed by atoms with van der Waals surface area (Å²) >= 11 is 0. The van der Waals surface area contributed by atoms with Gasteiger partial charge in [-0.25, -0.2) is 0 Å². The number of allylic oxidation sites excluding steroid dienone is 8. The minimum absolute atomic E-state index is 0.0788. The van der Waals surface area contributed by atoms with Gasteiger partial charge in [0, 0.05) is 5.41 Å². The molecule has 0 unspecified atom stereocenters. The molecule has 0 saturated carbocycles. The molecule has 0 atom stereocenters. The lowest BCUT2D eigenvalue weighted by atomic mass is 9.80. The van der Waals surface area contributed by atoms with Crippen LogP contribution in [0.4, 0.5) is 4.39 Å². The Balaban J connectivity index is 0.00000121. The van der Waals surface area contributed by atoms with Crippen molar-refractivity contribution in [1.29, 1.82) is 0 Å². The molecule has 0 N–H and O–H groups in total. The molecule has 0 aromatic rings. The normalized spacial score (nSPS) is 22.5. The minimum Gasteiger partial charge on any atom is -0.255 e. The zero-order chi connectivity index (χ0) is 13.6. The zero-order valence-electron chi connectivity index (χ0n) is 11.6. The van der Waals surface area contributed by atoms with E-state index in [1.165, 1.54) is 22.3 Å². The second-order valence-electron chi connectivity index (χ2n) is 4.39. The Kier molecular flexibility index (Phi) is 5.87. The Morgan fingerprint density at radius 3 is 2.06 bits per heavy atom. The number of hydrogen-bond donors (Lipinski definition) is 0. The first-order valence-corrected chi connectivity index (χ1v) is 5.72. The molecule has 0 radical (unpaired) electrons. The van der Waals surface area contributed by atoms with Gasteiger partial charge in [-0.2, -0.15) is 0 Å². The van der Waals surface area contributed by atoms with Crippen LogP contribution in [0, 0.1) is 5.41 Å². The van der Waals surface area contributed by atoms with E-state index in [9.17, 15) is 4.39 Å². The molecule has 1 aliphatic carbocycles. The maximum absolute atomic E-state index is 9.50. The van der Waals surface area contributed by atoms with Gasteiger partial charge in [0.25, 0.3) is 0 Å². The van der Waals surface area contributed by atoms with Gasteiger partial charge in [-0.05, 0) is 36.1 Å². The van der Waals surface area contributed by atoms with Crippen molar-refractivity contribution in [3.05, 3.63) is 59.8 Å². The smallest absolute Gasteiger partial charge is 0.0785 e. The van der Waals surface area contributed by atoms with Crippen molar-refractivity contribution in [3.63, 3.8) is 0 Å². The summed E-state index contributed by atoms with van der Waals surface area (Å²) < 4.78 is 9.50. The molecule has 0 saturated heterocycles. The lowest BCUT2D eigenvalue weighted by Gasteiger charge is -2.23. The number of hydrogen-bond acceptors (Lipinski definition) is 0. The molecule has 0 aromatic carbocycles. The lowest BCUT2D eigenvalue weighted by molar-refractivity contribution is 0.577. The summed E-state index contributed by atoms with van der Waals surface area (Å²) in [6.45, 7) is 16.4. The molecule has 0 nitrogen and oxygen atoms in total. The molecular weight excluding hydrogens is 211 g/mol. The van der Waals surface area contributed by atoms with Crippen LogP contribution in [0.1, 0.15) is 27.7 Å². The second-order valence-corrected chi connectivity index (χ2v) is 4.39. The number of rotatable bonds is 2. The van der Waals surface area contributed by atoms with E-state index in [2.05, 4.69) is 53.0 Å². The van der Waals surface area contributed by atoms with Gasteiger partial charge in [-0.3, -0.25) is 4.39 Å². The molecule has 0 aliphatic heterocycles. The third-order valence-corrected chi connectivity index (χ3v) is 3.22. The van der Waals surface area contributed by atoms with Crippen molar-refractivity contribution in [2.45, 2.75) is 27.7 Å². The van der Waals surface area contributed by atoms with Gasteiger partial charge in [-0.15, -0.1) is 0 Å². The Morgan fingerprint density at radius 1 is 1.18 bits per heavy atom. The first-order valence-electron chi connectivity index (χ1n) is 5.72. The van der Waals surface area contributed by atoms with Gasteiger partial charge in [-0.1, -0.05) is 51.3 Å². The highest BCUT2D eigenvalue weighted by molar-refractivity contribution is 5.63. The molecule has 0 heterocycles. The maximum atomic E-state index is 9.50.